The van der Waals surface area contributed by atoms with Crippen molar-refractivity contribution in [1.82, 2.24) is 10.2 Å². The van der Waals surface area contributed by atoms with Gasteiger partial charge in [-0.3, -0.25) is 19.3 Å². The number of nitrogens with one attached hydrogen (secondary N) is 1. The minimum Gasteiger partial charge on any atom is -0.508 e. The lowest BCUT2D eigenvalue weighted by atomic mass is 9.65. The zero-order valence-electron chi connectivity index (χ0n) is 34.2. The van der Waals surface area contributed by atoms with Crippen molar-refractivity contribution in [3.63, 3.8) is 0 Å². The van der Waals surface area contributed by atoms with E-state index in [2.05, 4.69) is 17.2 Å². The molecule has 4 aliphatic rings. The van der Waals surface area contributed by atoms with Crippen molar-refractivity contribution in [3.05, 3.63) is 167 Å². The van der Waals surface area contributed by atoms with Gasteiger partial charge >= 0.3 is 18.0 Å². The van der Waals surface area contributed by atoms with Crippen LogP contribution in [0.1, 0.15) is 103 Å². The number of aliphatic hydroxyl groups is 1. The monoisotopic (exact) mass is 829 g/mol. The summed E-state index contributed by atoms with van der Waals surface area (Å²) in [5.41, 5.74) is -0.0537. The molecule has 1 spiro atoms. The molecule has 5 aromatic rings. The zero-order chi connectivity index (χ0) is 43.2. The number of carboxylic acid groups (broad SMARTS) is 1. The number of aliphatic carboxylic acids is 1. The van der Waals surface area contributed by atoms with Gasteiger partial charge in [0, 0.05) is 5.56 Å². The smallest absolute Gasteiger partial charge is 0.329 e. The number of amides is 3. The third-order valence-corrected chi connectivity index (χ3v) is 13.1. The van der Waals surface area contributed by atoms with Gasteiger partial charge in [-0.1, -0.05) is 128 Å². The Balaban J connectivity index is 1.30. The molecule has 3 amide bonds. The van der Waals surface area contributed by atoms with Gasteiger partial charge in [-0.05, 0) is 90.8 Å². The van der Waals surface area contributed by atoms with E-state index in [1.807, 2.05) is 91.0 Å². The van der Waals surface area contributed by atoms with Crippen LogP contribution in [0, 0.1) is 17.8 Å². The second kappa shape index (κ2) is 16.3. The summed E-state index contributed by atoms with van der Waals surface area (Å²) in [5, 5.41) is 36.7. The van der Waals surface area contributed by atoms with E-state index in [1.165, 1.54) is 12.1 Å². The highest BCUT2D eigenvalue weighted by molar-refractivity contribution is 6.24. The molecule has 62 heavy (non-hydrogen) atoms. The number of carboxylic acids is 1. The van der Waals surface area contributed by atoms with Gasteiger partial charge in [-0.25, -0.2) is 9.69 Å². The SMILES string of the molecule is C[C@@H](NC(=O)N1C(=O)[C@@]2(c3cc(C#CC4(O)CCCCCC4)ccc31)[C@H](c1ccc(O)cc1)N1[C@H](c3ccccc3)[C@H](c3ccccc3)OC(=O)[C@H]1[C@@H]2C(=O)O)c1ccccc1. The van der Waals surface area contributed by atoms with Crippen LogP contribution >= 0.6 is 0 Å². The molecule has 3 heterocycles. The molecule has 3 aliphatic heterocycles. The summed E-state index contributed by atoms with van der Waals surface area (Å²) in [4.78, 5) is 62.7. The number of carbonyl (C=O) groups is 4. The molecular formula is C51H47N3O8. The minimum atomic E-state index is -2.15. The van der Waals surface area contributed by atoms with E-state index in [4.69, 9.17) is 4.74 Å². The summed E-state index contributed by atoms with van der Waals surface area (Å²) in [6.45, 7) is 1.79. The minimum absolute atomic E-state index is 0.0602. The third kappa shape index (κ3) is 6.89. The molecule has 314 valence electrons. The Hall–Kier alpha value is -6.74. The van der Waals surface area contributed by atoms with Crippen molar-refractivity contribution in [2.45, 2.75) is 86.7 Å². The van der Waals surface area contributed by atoms with Crippen molar-refractivity contribution < 1.29 is 39.2 Å². The van der Waals surface area contributed by atoms with E-state index >= 15 is 4.79 Å². The van der Waals surface area contributed by atoms with E-state index in [-0.39, 0.29) is 17.0 Å². The number of cyclic esters (lactones) is 1. The maximum Gasteiger partial charge on any atom is 0.329 e. The highest BCUT2D eigenvalue weighted by atomic mass is 16.6. The lowest BCUT2D eigenvalue weighted by Gasteiger charge is -2.46. The van der Waals surface area contributed by atoms with Crippen LogP contribution in [-0.4, -0.2) is 55.7 Å². The van der Waals surface area contributed by atoms with Crippen LogP contribution in [0.3, 0.4) is 0 Å². The first kappa shape index (κ1) is 40.7. The second-order valence-electron chi connectivity index (χ2n) is 16.8. The van der Waals surface area contributed by atoms with Crippen molar-refractivity contribution >= 4 is 29.6 Å². The number of phenols is 1. The van der Waals surface area contributed by atoms with Crippen molar-refractivity contribution in [3.8, 4) is 17.6 Å². The maximum atomic E-state index is 16.1. The number of morpholine rings is 1. The summed E-state index contributed by atoms with van der Waals surface area (Å²) in [7, 11) is 0. The normalized spacial score (nSPS) is 25.7. The molecular weight excluding hydrogens is 783 g/mol. The highest BCUT2D eigenvalue weighted by Crippen LogP contribution is 2.66. The summed E-state index contributed by atoms with van der Waals surface area (Å²) in [6.07, 6.45) is 3.73. The fourth-order valence-corrected chi connectivity index (χ4v) is 10.3. The number of hydrogen-bond acceptors (Lipinski definition) is 8. The average Bonchev–Trinajstić information content (AvgIpc) is 3.62. The fraction of sp³-hybridized carbons (Fsp3) is 0.294. The van der Waals surface area contributed by atoms with E-state index < -0.39 is 71.1 Å². The van der Waals surface area contributed by atoms with Crippen LogP contribution in [0.2, 0.25) is 0 Å². The number of urea groups is 1. The lowest BCUT2D eigenvalue weighted by Crippen LogP contribution is -2.54. The van der Waals surface area contributed by atoms with Gasteiger partial charge in [0.2, 0.25) is 5.91 Å². The van der Waals surface area contributed by atoms with E-state index in [0.29, 0.717) is 35.1 Å². The number of hydrogen-bond donors (Lipinski definition) is 4. The number of imide groups is 1. The van der Waals surface area contributed by atoms with Gasteiger partial charge in [0.05, 0.1) is 23.8 Å². The largest absolute Gasteiger partial charge is 0.508 e. The molecule has 0 radical (unpaired) electrons. The van der Waals surface area contributed by atoms with Gasteiger partial charge in [0.15, 0.2) is 0 Å². The molecule has 7 atom stereocenters. The van der Waals surface area contributed by atoms with Gasteiger partial charge in [0.1, 0.15) is 34.8 Å². The quantitative estimate of drug-likeness (QED) is 0.0756. The summed E-state index contributed by atoms with van der Waals surface area (Å²) in [5.74, 6) is 1.30. The predicted molar refractivity (Wildman–Crippen MR) is 231 cm³/mol. The van der Waals surface area contributed by atoms with E-state index in [9.17, 15) is 29.7 Å². The fourth-order valence-electron chi connectivity index (χ4n) is 10.3. The summed E-state index contributed by atoms with van der Waals surface area (Å²) >= 11 is 0. The van der Waals surface area contributed by atoms with Gasteiger partial charge < -0.3 is 25.4 Å². The first-order chi connectivity index (χ1) is 30.0. The zero-order valence-corrected chi connectivity index (χ0v) is 34.2. The number of nitrogens with zero attached hydrogens (tertiary/aromatic N) is 2. The van der Waals surface area contributed by atoms with Gasteiger partial charge in [-0.15, -0.1) is 0 Å². The number of phenolic OH excluding ortho intramolecular Hbond substituents is 1. The van der Waals surface area contributed by atoms with Crippen LogP contribution in [0.4, 0.5) is 10.5 Å². The van der Waals surface area contributed by atoms with Crippen molar-refractivity contribution in [2.24, 2.45) is 5.92 Å². The Kier molecular flexibility index (Phi) is 10.7. The van der Waals surface area contributed by atoms with Crippen LogP contribution in [0.5, 0.6) is 5.75 Å². The number of aromatic hydroxyl groups is 1. The molecule has 2 saturated heterocycles. The van der Waals surface area contributed by atoms with Crippen molar-refractivity contribution in [1.29, 1.82) is 0 Å². The molecule has 0 unspecified atom stereocenters. The number of carbonyl (C=O) groups excluding carboxylic acids is 3. The number of esters is 1. The predicted octanol–water partition coefficient (Wildman–Crippen LogP) is 8.05. The highest BCUT2D eigenvalue weighted by Gasteiger charge is 2.76. The van der Waals surface area contributed by atoms with Crippen LogP contribution in [0.25, 0.3) is 0 Å². The van der Waals surface area contributed by atoms with Crippen molar-refractivity contribution in [2.75, 3.05) is 4.90 Å². The Morgan fingerprint density at radius 3 is 2.02 bits per heavy atom. The molecule has 11 heteroatoms. The Labute approximate surface area is 360 Å². The number of anilines is 1. The first-order valence-corrected chi connectivity index (χ1v) is 21.2. The average molecular weight is 830 g/mol. The molecule has 1 aliphatic carbocycles. The first-order valence-electron chi connectivity index (χ1n) is 21.2. The molecule has 0 bridgehead atoms. The molecule has 11 nitrogen and oxygen atoms in total. The summed E-state index contributed by atoms with van der Waals surface area (Å²) < 4.78 is 6.35. The maximum absolute atomic E-state index is 16.1. The Morgan fingerprint density at radius 1 is 0.774 bits per heavy atom. The van der Waals surface area contributed by atoms with Crippen LogP contribution in [0.15, 0.2) is 133 Å². The number of fused-ring (bicyclic) bond motifs is 3. The van der Waals surface area contributed by atoms with E-state index in [1.54, 1.807) is 42.2 Å². The van der Waals surface area contributed by atoms with Gasteiger partial charge in [-0.2, -0.15) is 0 Å². The van der Waals surface area contributed by atoms with E-state index in [0.717, 1.165) is 36.1 Å². The molecule has 9 rings (SSSR count). The summed E-state index contributed by atoms with van der Waals surface area (Å²) in [6, 6.07) is 33.9. The topological polar surface area (TPSA) is 157 Å². The lowest BCUT2D eigenvalue weighted by molar-refractivity contribution is -0.179. The third-order valence-electron chi connectivity index (χ3n) is 13.1. The van der Waals surface area contributed by atoms with Crippen LogP contribution < -0.4 is 10.2 Å². The van der Waals surface area contributed by atoms with Crippen LogP contribution in [-0.2, 0) is 24.5 Å². The second-order valence-corrected chi connectivity index (χ2v) is 16.8. The molecule has 1 saturated carbocycles. The number of benzene rings is 5. The standard InChI is InChI=1S/C51H47N3O8/c1-32(34-15-7-4-8-16-34)52-49(60)53-40-26-21-33(27-30-50(61)28-13-2-3-14-29-50)31-39(40)51(48(53)59)41(46(56)57)43-47(58)62-44(36-19-11-6-12-20-36)42(35-17-9-5-10-18-35)54(43)45(51)37-22-24-38(55)25-23-37/h4-12,15-26,31-32,41-45,55,61H,2-3,13-14,28-29H2,1H3,(H,52,60)(H,56,57)/t32-,41-,42-,43-,44+,45+,51-/m1/s1. The molecule has 3 fully saturated rings. The number of rotatable bonds is 6. The van der Waals surface area contributed by atoms with Gasteiger partial charge in [0.25, 0.3) is 0 Å². The molecule has 0 aromatic heterocycles. The molecule has 5 aromatic carbocycles. The molecule has 4 N–H and O–H groups in total. The Bertz CT molecular complexity index is 2570. The Morgan fingerprint density at radius 2 is 1.39 bits per heavy atom. The number of ether oxygens (including phenoxy) is 1.